The molecule has 1 fully saturated rings. The summed E-state index contributed by atoms with van der Waals surface area (Å²) in [7, 11) is 0. The Bertz CT molecular complexity index is 1150. The van der Waals surface area contributed by atoms with Gasteiger partial charge >= 0.3 is 5.97 Å². The molecule has 1 aliphatic carbocycles. The summed E-state index contributed by atoms with van der Waals surface area (Å²) in [5.74, 6) is -1.59. The molecule has 0 bridgehead atoms. The molecular formula is C24H21Cl2NO4S. The fourth-order valence-electron chi connectivity index (χ4n) is 4.08. The molecule has 166 valence electrons. The van der Waals surface area contributed by atoms with E-state index in [2.05, 4.69) is 0 Å². The fraction of sp³-hybridized carbons (Fsp3) is 0.250. The van der Waals surface area contributed by atoms with E-state index in [4.69, 9.17) is 23.2 Å². The molecule has 3 aromatic rings. The van der Waals surface area contributed by atoms with E-state index in [1.165, 1.54) is 17.0 Å². The number of hydrogen-bond acceptors (Lipinski definition) is 4. The quantitative estimate of drug-likeness (QED) is 0.436. The first-order chi connectivity index (χ1) is 15.4. The summed E-state index contributed by atoms with van der Waals surface area (Å²) in [6.07, 6.45) is 2.03. The molecule has 1 saturated carbocycles. The Morgan fingerprint density at radius 3 is 2.38 bits per heavy atom. The van der Waals surface area contributed by atoms with E-state index in [1.807, 2.05) is 30.3 Å². The molecule has 4 rings (SSSR count). The number of aliphatic hydroxyl groups is 1. The smallest absolute Gasteiger partial charge is 0.348 e. The molecule has 2 N–H and O–H groups in total. The lowest BCUT2D eigenvalue weighted by atomic mass is 9.90. The lowest BCUT2D eigenvalue weighted by molar-refractivity contribution is 0.0700. The highest BCUT2D eigenvalue weighted by atomic mass is 35.5. The summed E-state index contributed by atoms with van der Waals surface area (Å²) in [5, 5.41) is 21.3. The Morgan fingerprint density at radius 2 is 1.72 bits per heavy atom. The molecule has 1 heterocycles. The first-order valence-electron chi connectivity index (χ1n) is 10.3. The third-order valence-electron chi connectivity index (χ3n) is 5.63. The number of benzene rings is 2. The van der Waals surface area contributed by atoms with Gasteiger partial charge in [-0.1, -0.05) is 66.4 Å². The zero-order valence-corrected chi connectivity index (χ0v) is 19.3. The van der Waals surface area contributed by atoms with Crippen LogP contribution in [0.3, 0.4) is 0 Å². The molecule has 1 aliphatic rings. The zero-order valence-electron chi connectivity index (χ0n) is 17.0. The number of rotatable bonds is 5. The summed E-state index contributed by atoms with van der Waals surface area (Å²) in [6.45, 7) is 0. The fourth-order valence-corrected chi connectivity index (χ4v) is 5.57. The number of carboxylic acid groups (broad SMARTS) is 1. The molecule has 0 saturated heterocycles. The number of nitrogens with zero attached hydrogens (tertiary/aromatic N) is 1. The monoisotopic (exact) mass is 489 g/mol. The molecule has 8 heteroatoms. The number of carboxylic acids is 1. The normalized spacial score (nSPS) is 18.3. The third-order valence-corrected chi connectivity index (χ3v) is 7.34. The van der Waals surface area contributed by atoms with Gasteiger partial charge in [-0.05, 0) is 42.7 Å². The van der Waals surface area contributed by atoms with Crippen molar-refractivity contribution in [3.8, 4) is 10.4 Å². The highest BCUT2D eigenvalue weighted by molar-refractivity contribution is 7.18. The second-order valence-electron chi connectivity index (χ2n) is 7.71. The topological polar surface area (TPSA) is 77.8 Å². The molecule has 0 spiro atoms. The van der Waals surface area contributed by atoms with Gasteiger partial charge in [0.1, 0.15) is 4.88 Å². The number of amides is 1. The molecule has 5 nitrogen and oxygen atoms in total. The van der Waals surface area contributed by atoms with Gasteiger partial charge in [-0.2, -0.15) is 0 Å². The average molecular weight is 490 g/mol. The minimum Gasteiger partial charge on any atom is -0.477 e. The van der Waals surface area contributed by atoms with E-state index in [1.54, 1.807) is 12.1 Å². The van der Waals surface area contributed by atoms with Crippen molar-refractivity contribution < 1.29 is 19.8 Å². The molecule has 0 aliphatic heterocycles. The van der Waals surface area contributed by atoms with Crippen LogP contribution in [-0.4, -0.2) is 34.2 Å². The number of thiophene rings is 1. The Kier molecular flexibility index (Phi) is 6.86. The summed E-state index contributed by atoms with van der Waals surface area (Å²) in [6, 6.07) is 15.1. The van der Waals surface area contributed by atoms with Crippen molar-refractivity contribution in [3.05, 3.63) is 75.1 Å². The molecule has 1 amide bonds. The first kappa shape index (κ1) is 22.8. The van der Waals surface area contributed by atoms with Crippen molar-refractivity contribution in [1.29, 1.82) is 0 Å². The molecule has 32 heavy (non-hydrogen) atoms. The van der Waals surface area contributed by atoms with Crippen LogP contribution >= 0.6 is 34.5 Å². The van der Waals surface area contributed by atoms with E-state index in [0.717, 1.165) is 34.6 Å². The Labute approximate surface area is 199 Å². The Balaban J connectivity index is 1.87. The van der Waals surface area contributed by atoms with Crippen LogP contribution in [-0.2, 0) is 0 Å². The maximum absolute atomic E-state index is 13.7. The van der Waals surface area contributed by atoms with Gasteiger partial charge in [0.2, 0.25) is 0 Å². The number of halogens is 2. The Hall–Kier alpha value is -2.38. The van der Waals surface area contributed by atoms with Gasteiger partial charge in [0.25, 0.3) is 5.91 Å². The lowest BCUT2D eigenvalue weighted by Crippen LogP contribution is -2.49. The van der Waals surface area contributed by atoms with Gasteiger partial charge < -0.3 is 15.1 Å². The maximum atomic E-state index is 13.7. The predicted molar refractivity (Wildman–Crippen MR) is 128 cm³/mol. The predicted octanol–water partition coefficient (Wildman–Crippen LogP) is 6.37. The number of anilines is 1. The van der Waals surface area contributed by atoms with Crippen molar-refractivity contribution >= 4 is 52.1 Å². The van der Waals surface area contributed by atoms with Gasteiger partial charge in [-0.25, -0.2) is 4.79 Å². The summed E-state index contributed by atoms with van der Waals surface area (Å²) >= 11 is 13.4. The Morgan fingerprint density at radius 1 is 1.00 bits per heavy atom. The van der Waals surface area contributed by atoms with Gasteiger partial charge in [0.15, 0.2) is 0 Å². The third kappa shape index (κ3) is 4.55. The van der Waals surface area contributed by atoms with Gasteiger partial charge in [0, 0.05) is 9.90 Å². The first-order valence-corrected chi connectivity index (χ1v) is 11.8. The second kappa shape index (κ2) is 9.63. The highest BCUT2D eigenvalue weighted by Crippen LogP contribution is 2.40. The minimum absolute atomic E-state index is 0.0417. The minimum atomic E-state index is -1.13. The van der Waals surface area contributed by atoms with Crippen LogP contribution in [0.25, 0.3) is 10.4 Å². The zero-order chi connectivity index (χ0) is 22.8. The molecule has 0 radical (unpaired) electrons. The van der Waals surface area contributed by atoms with E-state index in [9.17, 15) is 19.8 Å². The molecular weight excluding hydrogens is 469 g/mol. The van der Waals surface area contributed by atoms with Crippen molar-refractivity contribution in [1.82, 2.24) is 0 Å². The number of carbonyl (C=O) groups excluding carboxylic acids is 1. The van der Waals surface area contributed by atoms with E-state index in [0.29, 0.717) is 17.9 Å². The SMILES string of the molecule is O=C(O)c1sc(-c2ccccc2)cc1N(C(=O)c1ccc(Cl)cc1Cl)C1CCCC[C@@H]1O. The molecule has 2 atom stereocenters. The van der Waals surface area contributed by atoms with E-state index >= 15 is 0 Å². The molecule has 1 unspecified atom stereocenters. The van der Waals surface area contributed by atoms with Crippen LogP contribution in [0.5, 0.6) is 0 Å². The van der Waals surface area contributed by atoms with Gasteiger partial charge in [0.05, 0.1) is 28.4 Å². The van der Waals surface area contributed by atoms with Crippen LogP contribution in [0.2, 0.25) is 10.0 Å². The van der Waals surface area contributed by atoms with Crippen molar-refractivity contribution in [2.45, 2.75) is 37.8 Å². The van der Waals surface area contributed by atoms with Gasteiger partial charge in [-0.3, -0.25) is 4.79 Å². The summed E-state index contributed by atoms with van der Waals surface area (Å²) in [4.78, 5) is 28.1. The second-order valence-corrected chi connectivity index (χ2v) is 9.61. The summed E-state index contributed by atoms with van der Waals surface area (Å²) < 4.78 is 0. The van der Waals surface area contributed by atoms with E-state index in [-0.39, 0.29) is 21.2 Å². The van der Waals surface area contributed by atoms with Crippen molar-refractivity contribution in [2.24, 2.45) is 0 Å². The van der Waals surface area contributed by atoms with Crippen LogP contribution in [0.4, 0.5) is 5.69 Å². The number of aromatic carboxylic acids is 1. The van der Waals surface area contributed by atoms with Crippen molar-refractivity contribution in [3.63, 3.8) is 0 Å². The van der Waals surface area contributed by atoms with Crippen LogP contribution in [0.15, 0.2) is 54.6 Å². The molecule has 1 aromatic heterocycles. The van der Waals surface area contributed by atoms with Gasteiger partial charge in [-0.15, -0.1) is 11.3 Å². The van der Waals surface area contributed by atoms with E-state index < -0.39 is 24.0 Å². The maximum Gasteiger partial charge on any atom is 0.348 e. The number of hydrogen-bond donors (Lipinski definition) is 2. The van der Waals surface area contributed by atoms with Crippen LogP contribution < -0.4 is 4.90 Å². The van der Waals surface area contributed by atoms with Crippen LogP contribution in [0.1, 0.15) is 45.7 Å². The largest absolute Gasteiger partial charge is 0.477 e. The average Bonchev–Trinajstić information content (AvgIpc) is 3.21. The number of aliphatic hydroxyl groups excluding tert-OH is 1. The van der Waals surface area contributed by atoms with Crippen molar-refractivity contribution in [2.75, 3.05) is 4.90 Å². The number of carbonyl (C=O) groups is 2. The lowest BCUT2D eigenvalue weighted by Gasteiger charge is -2.37. The standard InChI is InChI=1S/C24H21Cl2NO4S/c25-15-10-11-16(17(26)12-15)23(29)27(18-8-4-5-9-20(18)28)19-13-21(32-22(19)24(30)31)14-6-2-1-3-7-14/h1-3,6-7,10-13,18,20,28H,4-5,8-9H2,(H,30,31)/t18?,20-/m0/s1. The summed E-state index contributed by atoms with van der Waals surface area (Å²) in [5.41, 5.74) is 1.33. The highest BCUT2D eigenvalue weighted by Gasteiger charge is 2.37. The molecule has 2 aromatic carbocycles. The van der Waals surface area contributed by atoms with Crippen LogP contribution in [0, 0.1) is 0 Å².